The lowest BCUT2D eigenvalue weighted by atomic mass is 10.1. The Bertz CT molecular complexity index is 799. The minimum atomic E-state index is -1.74. The minimum absolute atomic E-state index is 0.133. The van der Waals surface area contributed by atoms with Crippen molar-refractivity contribution in [1.82, 2.24) is 4.90 Å². The van der Waals surface area contributed by atoms with Crippen LogP contribution in [0, 0.1) is 0 Å². The molecular weight excluding hydrogens is 392 g/mol. The molecule has 9 heteroatoms. The number of rotatable bonds is 4. The van der Waals surface area contributed by atoms with Gasteiger partial charge >= 0.3 is 5.97 Å². The lowest BCUT2D eigenvalue weighted by molar-refractivity contribution is -0.177. The summed E-state index contributed by atoms with van der Waals surface area (Å²) in [6.07, 6.45) is -3.11. The molecule has 2 heterocycles. The number of aliphatic hydroxyl groups is 1. The van der Waals surface area contributed by atoms with Crippen molar-refractivity contribution >= 4 is 23.5 Å². The molecule has 1 aromatic carbocycles. The predicted octanol–water partition coefficient (Wildman–Crippen LogP) is 0.593. The first-order valence-electron chi connectivity index (χ1n) is 9.98. The van der Waals surface area contributed by atoms with Gasteiger partial charge in [0, 0.05) is 30.9 Å². The van der Waals surface area contributed by atoms with E-state index < -0.39 is 29.7 Å². The van der Waals surface area contributed by atoms with E-state index in [0.29, 0.717) is 37.6 Å². The van der Waals surface area contributed by atoms with Crippen LogP contribution in [0.15, 0.2) is 24.3 Å². The zero-order valence-corrected chi connectivity index (χ0v) is 17.5. The third kappa shape index (κ3) is 5.16. The Morgan fingerprint density at radius 3 is 2.53 bits per heavy atom. The van der Waals surface area contributed by atoms with Crippen molar-refractivity contribution in [1.29, 1.82) is 0 Å². The molecule has 2 fully saturated rings. The zero-order valence-electron chi connectivity index (χ0n) is 17.5. The second-order valence-corrected chi connectivity index (χ2v) is 8.21. The van der Waals surface area contributed by atoms with Crippen LogP contribution in [0.25, 0.3) is 0 Å². The molecule has 2 aliphatic rings. The second-order valence-electron chi connectivity index (χ2n) is 8.21. The smallest absolute Gasteiger partial charge is 0.338 e. The SMILES string of the molecule is CC(C)(C)OC(=O)C(O)C1OCCN(c2cccc(C(=O)N3CCOCC3)c2)C1=O. The fourth-order valence-corrected chi connectivity index (χ4v) is 3.33. The molecule has 3 rings (SSSR count). The Labute approximate surface area is 175 Å². The Hall–Kier alpha value is -2.49. The molecule has 9 nitrogen and oxygen atoms in total. The fourth-order valence-electron chi connectivity index (χ4n) is 3.33. The van der Waals surface area contributed by atoms with Crippen molar-refractivity contribution in [2.45, 2.75) is 38.6 Å². The normalized spacial score (nSPS) is 21.3. The van der Waals surface area contributed by atoms with Crippen LogP contribution in [0.2, 0.25) is 0 Å². The summed E-state index contributed by atoms with van der Waals surface area (Å²) in [7, 11) is 0. The molecule has 0 saturated carbocycles. The summed E-state index contributed by atoms with van der Waals surface area (Å²) < 4.78 is 15.8. The lowest BCUT2D eigenvalue weighted by Crippen LogP contribution is -2.55. The first-order valence-corrected chi connectivity index (χ1v) is 9.98. The van der Waals surface area contributed by atoms with E-state index in [1.165, 1.54) is 4.90 Å². The number of morpholine rings is 2. The van der Waals surface area contributed by atoms with Gasteiger partial charge in [-0.3, -0.25) is 9.59 Å². The maximum atomic E-state index is 12.9. The first kappa shape index (κ1) is 22.2. The quantitative estimate of drug-likeness (QED) is 0.711. The molecule has 2 amide bonds. The highest BCUT2D eigenvalue weighted by molar-refractivity contribution is 6.02. The van der Waals surface area contributed by atoms with Crippen LogP contribution in [0.4, 0.5) is 5.69 Å². The second kappa shape index (κ2) is 9.11. The number of hydrogen-bond acceptors (Lipinski definition) is 7. The molecule has 0 aromatic heterocycles. The van der Waals surface area contributed by atoms with Crippen LogP contribution in [-0.4, -0.2) is 85.1 Å². The summed E-state index contributed by atoms with van der Waals surface area (Å²) >= 11 is 0. The first-order chi connectivity index (χ1) is 14.2. The zero-order chi connectivity index (χ0) is 21.9. The lowest BCUT2D eigenvalue weighted by Gasteiger charge is -2.34. The molecule has 2 saturated heterocycles. The van der Waals surface area contributed by atoms with E-state index in [1.807, 2.05) is 0 Å². The Balaban J connectivity index is 1.75. The number of benzene rings is 1. The highest BCUT2D eigenvalue weighted by Crippen LogP contribution is 2.23. The molecule has 30 heavy (non-hydrogen) atoms. The molecule has 0 aliphatic carbocycles. The van der Waals surface area contributed by atoms with E-state index in [-0.39, 0.29) is 19.1 Å². The summed E-state index contributed by atoms with van der Waals surface area (Å²) in [4.78, 5) is 41.0. The molecule has 0 radical (unpaired) electrons. The molecule has 164 valence electrons. The van der Waals surface area contributed by atoms with Gasteiger partial charge in [0.1, 0.15) is 5.60 Å². The topological polar surface area (TPSA) is 106 Å². The van der Waals surface area contributed by atoms with E-state index >= 15 is 0 Å². The monoisotopic (exact) mass is 420 g/mol. The van der Waals surface area contributed by atoms with E-state index in [1.54, 1.807) is 49.9 Å². The highest BCUT2D eigenvalue weighted by Gasteiger charge is 2.41. The van der Waals surface area contributed by atoms with E-state index in [9.17, 15) is 19.5 Å². The van der Waals surface area contributed by atoms with Crippen LogP contribution in [0.1, 0.15) is 31.1 Å². The van der Waals surface area contributed by atoms with Crippen molar-refractivity contribution < 1.29 is 33.7 Å². The van der Waals surface area contributed by atoms with Gasteiger partial charge in [0.25, 0.3) is 11.8 Å². The van der Waals surface area contributed by atoms with E-state index in [0.717, 1.165) is 0 Å². The molecule has 2 atom stereocenters. The summed E-state index contributed by atoms with van der Waals surface area (Å²) in [5.41, 5.74) is 0.158. The molecule has 2 unspecified atom stereocenters. The number of amides is 2. The summed E-state index contributed by atoms with van der Waals surface area (Å²) in [5.74, 6) is -1.61. The third-order valence-corrected chi connectivity index (χ3v) is 4.76. The summed E-state index contributed by atoms with van der Waals surface area (Å²) in [6, 6.07) is 6.73. The van der Waals surface area contributed by atoms with Gasteiger partial charge in [0.15, 0.2) is 12.2 Å². The van der Waals surface area contributed by atoms with Gasteiger partial charge < -0.3 is 29.1 Å². The van der Waals surface area contributed by atoms with Gasteiger partial charge in [-0.2, -0.15) is 0 Å². The Kier molecular flexibility index (Phi) is 6.74. The number of hydrogen-bond donors (Lipinski definition) is 1. The van der Waals surface area contributed by atoms with Gasteiger partial charge in [-0.05, 0) is 39.0 Å². The van der Waals surface area contributed by atoms with Crippen molar-refractivity contribution in [2.24, 2.45) is 0 Å². The number of anilines is 1. The Morgan fingerprint density at radius 2 is 1.87 bits per heavy atom. The van der Waals surface area contributed by atoms with Crippen LogP contribution in [0.3, 0.4) is 0 Å². The number of ether oxygens (including phenoxy) is 3. The van der Waals surface area contributed by atoms with Gasteiger partial charge in [0.2, 0.25) is 0 Å². The standard InChI is InChI=1S/C21H28N2O7/c1-21(2,3)30-20(27)16(24)17-19(26)23(9-12-29-17)15-6-4-5-14(13-15)18(25)22-7-10-28-11-8-22/h4-6,13,16-17,24H,7-12H2,1-3H3. The number of carbonyl (C=O) groups excluding carboxylic acids is 3. The fraction of sp³-hybridized carbons (Fsp3) is 0.571. The molecule has 1 aromatic rings. The molecule has 0 spiro atoms. The summed E-state index contributed by atoms with van der Waals surface area (Å²) in [6.45, 7) is 7.42. The number of carbonyl (C=O) groups is 3. The van der Waals surface area contributed by atoms with Crippen molar-refractivity contribution in [3.63, 3.8) is 0 Å². The van der Waals surface area contributed by atoms with Gasteiger partial charge in [-0.15, -0.1) is 0 Å². The molecule has 0 bridgehead atoms. The number of nitrogens with zero attached hydrogens (tertiary/aromatic N) is 2. The van der Waals surface area contributed by atoms with Crippen LogP contribution < -0.4 is 4.90 Å². The predicted molar refractivity (Wildman–Crippen MR) is 107 cm³/mol. The Morgan fingerprint density at radius 1 is 1.17 bits per heavy atom. The van der Waals surface area contributed by atoms with Gasteiger partial charge in [-0.1, -0.05) is 6.07 Å². The van der Waals surface area contributed by atoms with Crippen molar-refractivity contribution in [3.8, 4) is 0 Å². The van der Waals surface area contributed by atoms with E-state index in [2.05, 4.69) is 0 Å². The van der Waals surface area contributed by atoms with Crippen LogP contribution >= 0.6 is 0 Å². The maximum absolute atomic E-state index is 12.9. The number of esters is 1. The van der Waals surface area contributed by atoms with Crippen molar-refractivity contribution in [3.05, 3.63) is 29.8 Å². The number of aliphatic hydroxyl groups excluding tert-OH is 1. The molecule has 2 aliphatic heterocycles. The molecular formula is C21H28N2O7. The van der Waals surface area contributed by atoms with Crippen molar-refractivity contribution in [2.75, 3.05) is 44.4 Å². The average Bonchev–Trinajstić information content (AvgIpc) is 2.72. The van der Waals surface area contributed by atoms with E-state index in [4.69, 9.17) is 14.2 Å². The largest absolute Gasteiger partial charge is 0.458 e. The summed E-state index contributed by atoms with van der Waals surface area (Å²) in [5, 5.41) is 10.3. The van der Waals surface area contributed by atoms with Crippen LogP contribution in [-0.2, 0) is 23.8 Å². The minimum Gasteiger partial charge on any atom is -0.458 e. The maximum Gasteiger partial charge on any atom is 0.338 e. The average molecular weight is 420 g/mol. The highest BCUT2D eigenvalue weighted by atomic mass is 16.6. The van der Waals surface area contributed by atoms with Gasteiger partial charge in [0.05, 0.1) is 19.8 Å². The molecule has 1 N–H and O–H groups in total. The third-order valence-electron chi connectivity index (χ3n) is 4.76. The van der Waals surface area contributed by atoms with Gasteiger partial charge in [-0.25, -0.2) is 4.79 Å². The van der Waals surface area contributed by atoms with Crippen LogP contribution in [0.5, 0.6) is 0 Å².